The molecule has 0 aliphatic carbocycles. The van der Waals surface area contributed by atoms with Crippen LogP contribution in [0.1, 0.15) is 17.9 Å². The highest BCUT2D eigenvalue weighted by Crippen LogP contribution is 2.19. The van der Waals surface area contributed by atoms with Crippen molar-refractivity contribution in [1.82, 2.24) is 15.0 Å². The zero-order valence-electron chi connectivity index (χ0n) is 9.70. The first-order chi connectivity index (χ1) is 8.20. The van der Waals surface area contributed by atoms with Gasteiger partial charge in [-0.25, -0.2) is 9.37 Å². The molecule has 0 unspecified atom stereocenters. The van der Waals surface area contributed by atoms with Gasteiger partial charge in [0.25, 0.3) is 0 Å². The van der Waals surface area contributed by atoms with E-state index in [-0.39, 0.29) is 5.82 Å². The molecule has 3 N–H and O–H groups in total. The monoisotopic (exact) mass is 234 g/mol. The lowest BCUT2D eigenvalue weighted by atomic mass is 10.2. The van der Waals surface area contributed by atoms with Gasteiger partial charge in [-0.3, -0.25) is 4.98 Å². The van der Waals surface area contributed by atoms with E-state index in [1.807, 2.05) is 6.92 Å². The molecular formula is C12H15FN4. The SMILES string of the molecule is Cc1[nH]c(CCCN)nc1-c1ccc(F)cn1. The molecule has 0 aromatic carbocycles. The van der Waals surface area contributed by atoms with Crippen molar-refractivity contribution in [2.75, 3.05) is 6.54 Å². The van der Waals surface area contributed by atoms with Gasteiger partial charge in [-0.05, 0) is 32.0 Å². The topological polar surface area (TPSA) is 67.6 Å². The van der Waals surface area contributed by atoms with Crippen LogP contribution in [0.3, 0.4) is 0 Å². The number of nitrogens with two attached hydrogens (primary N) is 1. The Morgan fingerprint density at radius 2 is 2.24 bits per heavy atom. The van der Waals surface area contributed by atoms with Gasteiger partial charge in [0.15, 0.2) is 0 Å². The summed E-state index contributed by atoms with van der Waals surface area (Å²) in [5.41, 5.74) is 7.85. The van der Waals surface area contributed by atoms with Crippen LogP contribution in [0.2, 0.25) is 0 Å². The number of rotatable bonds is 4. The second-order valence-electron chi connectivity index (χ2n) is 3.91. The van der Waals surface area contributed by atoms with Crippen molar-refractivity contribution in [3.8, 4) is 11.4 Å². The molecule has 2 rings (SSSR count). The molecule has 17 heavy (non-hydrogen) atoms. The number of hydrogen-bond donors (Lipinski definition) is 2. The van der Waals surface area contributed by atoms with Crippen LogP contribution in [0.15, 0.2) is 18.3 Å². The highest BCUT2D eigenvalue weighted by atomic mass is 19.1. The van der Waals surface area contributed by atoms with Gasteiger partial charge in [0.05, 0.1) is 11.9 Å². The number of pyridine rings is 1. The lowest BCUT2D eigenvalue weighted by molar-refractivity contribution is 0.622. The average molecular weight is 234 g/mol. The van der Waals surface area contributed by atoms with Crippen molar-refractivity contribution in [1.29, 1.82) is 0 Å². The minimum absolute atomic E-state index is 0.342. The van der Waals surface area contributed by atoms with Crippen molar-refractivity contribution >= 4 is 0 Å². The highest BCUT2D eigenvalue weighted by Gasteiger charge is 2.09. The first kappa shape index (κ1) is 11.7. The number of nitrogens with one attached hydrogen (secondary N) is 1. The summed E-state index contributed by atoms with van der Waals surface area (Å²) in [6.45, 7) is 2.57. The Labute approximate surface area is 99.1 Å². The van der Waals surface area contributed by atoms with Crippen molar-refractivity contribution < 1.29 is 4.39 Å². The molecule has 4 nitrogen and oxygen atoms in total. The summed E-state index contributed by atoms with van der Waals surface area (Å²) in [7, 11) is 0. The third kappa shape index (κ3) is 2.68. The molecule has 0 aliphatic rings. The number of aromatic amines is 1. The zero-order chi connectivity index (χ0) is 12.3. The van der Waals surface area contributed by atoms with Gasteiger partial charge in [0, 0.05) is 12.1 Å². The summed E-state index contributed by atoms with van der Waals surface area (Å²) in [5.74, 6) is 0.555. The fourth-order valence-electron chi connectivity index (χ4n) is 1.68. The van der Waals surface area contributed by atoms with E-state index in [1.54, 1.807) is 6.07 Å². The Morgan fingerprint density at radius 3 is 2.88 bits per heavy atom. The van der Waals surface area contributed by atoms with E-state index in [9.17, 15) is 4.39 Å². The molecule has 0 radical (unpaired) electrons. The van der Waals surface area contributed by atoms with E-state index in [4.69, 9.17) is 5.73 Å². The second-order valence-corrected chi connectivity index (χ2v) is 3.91. The Kier molecular flexibility index (Phi) is 3.49. The smallest absolute Gasteiger partial charge is 0.141 e. The molecule has 90 valence electrons. The summed E-state index contributed by atoms with van der Waals surface area (Å²) < 4.78 is 12.8. The lowest BCUT2D eigenvalue weighted by Crippen LogP contribution is -2.01. The Bertz CT molecular complexity index is 490. The number of nitrogens with zero attached hydrogens (tertiary/aromatic N) is 2. The molecule has 0 amide bonds. The van der Waals surface area contributed by atoms with Gasteiger partial charge in [-0.2, -0.15) is 0 Å². The fourth-order valence-corrected chi connectivity index (χ4v) is 1.68. The molecule has 0 aliphatic heterocycles. The average Bonchev–Trinajstić information content (AvgIpc) is 2.69. The van der Waals surface area contributed by atoms with Crippen molar-refractivity contribution in [3.05, 3.63) is 35.7 Å². The molecule has 2 heterocycles. The molecular weight excluding hydrogens is 219 g/mol. The largest absolute Gasteiger partial charge is 0.346 e. The van der Waals surface area contributed by atoms with Crippen molar-refractivity contribution in [2.24, 2.45) is 5.73 Å². The van der Waals surface area contributed by atoms with E-state index in [1.165, 1.54) is 12.3 Å². The predicted molar refractivity (Wildman–Crippen MR) is 63.9 cm³/mol. The third-order valence-electron chi connectivity index (χ3n) is 2.52. The van der Waals surface area contributed by atoms with Crippen LogP contribution in [0.5, 0.6) is 0 Å². The molecule has 2 aromatic rings. The normalized spacial score (nSPS) is 10.8. The van der Waals surface area contributed by atoms with Crippen molar-refractivity contribution in [2.45, 2.75) is 19.8 Å². The number of aromatic nitrogens is 3. The van der Waals surface area contributed by atoms with Gasteiger partial charge in [-0.1, -0.05) is 0 Å². The second kappa shape index (κ2) is 5.05. The lowest BCUT2D eigenvalue weighted by Gasteiger charge is -1.96. The minimum Gasteiger partial charge on any atom is -0.346 e. The Hall–Kier alpha value is -1.75. The first-order valence-corrected chi connectivity index (χ1v) is 5.58. The van der Waals surface area contributed by atoms with Crippen LogP contribution in [0.4, 0.5) is 4.39 Å². The number of imidazole rings is 1. The van der Waals surface area contributed by atoms with Gasteiger partial charge in [0.1, 0.15) is 17.3 Å². The van der Waals surface area contributed by atoms with E-state index >= 15 is 0 Å². The van der Waals surface area contributed by atoms with Gasteiger partial charge >= 0.3 is 0 Å². The number of aryl methyl sites for hydroxylation is 2. The van der Waals surface area contributed by atoms with Gasteiger partial charge in [0.2, 0.25) is 0 Å². The molecule has 0 bridgehead atoms. The first-order valence-electron chi connectivity index (χ1n) is 5.58. The molecule has 0 spiro atoms. The summed E-state index contributed by atoms with van der Waals surface area (Å²) >= 11 is 0. The summed E-state index contributed by atoms with van der Waals surface area (Å²) in [6.07, 6.45) is 2.91. The molecule has 0 fully saturated rings. The summed E-state index contributed by atoms with van der Waals surface area (Å²) in [6, 6.07) is 3.02. The molecule has 0 saturated heterocycles. The quantitative estimate of drug-likeness (QED) is 0.847. The van der Waals surface area contributed by atoms with Crippen LogP contribution in [0, 0.1) is 12.7 Å². The van der Waals surface area contributed by atoms with E-state index in [0.717, 1.165) is 30.1 Å². The standard InChI is InChI=1S/C12H15FN4/c1-8-12(10-5-4-9(13)7-15-10)17-11(16-8)3-2-6-14/h4-5,7H,2-3,6,14H2,1H3,(H,16,17). The maximum Gasteiger partial charge on any atom is 0.141 e. The van der Waals surface area contributed by atoms with E-state index in [2.05, 4.69) is 15.0 Å². The van der Waals surface area contributed by atoms with Crippen LogP contribution in [0.25, 0.3) is 11.4 Å². The maximum atomic E-state index is 12.8. The van der Waals surface area contributed by atoms with Crippen LogP contribution < -0.4 is 5.73 Å². The van der Waals surface area contributed by atoms with E-state index in [0.29, 0.717) is 12.2 Å². The van der Waals surface area contributed by atoms with Gasteiger partial charge in [-0.15, -0.1) is 0 Å². The Balaban J connectivity index is 2.26. The highest BCUT2D eigenvalue weighted by molar-refractivity contribution is 5.56. The van der Waals surface area contributed by atoms with E-state index < -0.39 is 0 Å². The molecule has 2 aromatic heterocycles. The fraction of sp³-hybridized carbons (Fsp3) is 0.333. The number of H-pyrrole nitrogens is 1. The predicted octanol–water partition coefficient (Wildman–Crippen LogP) is 1.81. The van der Waals surface area contributed by atoms with Gasteiger partial charge < -0.3 is 10.7 Å². The van der Waals surface area contributed by atoms with Crippen LogP contribution in [-0.2, 0) is 6.42 Å². The summed E-state index contributed by atoms with van der Waals surface area (Å²) in [4.78, 5) is 11.7. The maximum absolute atomic E-state index is 12.8. The van der Waals surface area contributed by atoms with Crippen molar-refractivity contribution in [3.63, 3.8) is 0 Å². The number of hydrogen-bond acceptors (Lipinski definition) is 3. The molecule has 5 heteroatoms. The third-order valence-corrected chi connectivity index (χ3v) is 2.52. The number of halogens is 1. The van der Waals surface area contributed by atoms with Crippen LogP contribution >= 0.6 is 0 Å². The molecule has 0 saturated carbocycles. The summed E-state index contributed by atoms with van der Waals surface area (Å²) in [5, 5.41) is 0. The van der Waals surface area contributed by atoms with Crippen LogP contribution in [-0.4, -0.2) is 21.5 Å². The zero-order valence-corrected chi connectivity index (χ0v) is 9.70. The Morgan fingerprint density at radius 1 is 1.41 bits per heavy atom. The minimum atomic E-state index is -0.342. The molecule has 0 atom stereocenters.